The third-order valence-electron chi connectivity index (χ3n) is 5.02. The minimum absolute atomic E-state index is 0.252. The minimum Gasteiger partial charge on any atom is -0.372 e. The van der Waals surface area contributed by atoms with Crippen molar-refractivity contribution in [2.24, 2.45) is 0 Å². The van der Waals surface area contributed by atoms with Crippen LogP contribution >= 0.6 is 0 Å². The fourth-order valence-electron chi connectivity index (χ4n) is 3.37. The second kappa shape index (κ2) is 9.45. The maximum Gasteiger partial charge on any atom is 0.277 e. The number of nitrogens with zero attached hydrogens (tertiary/aromatic N) is 3. The second-order valence-corrected chi connectivity index (χ2v) is 7.19. The number of hydrogen-bond acceptors (Lipinski definition) is 5. The molecule has 0 radical (unpaired) electrons. The normalized spacial score (nSPS) is 14.6. The van der Waals surface area contributed by atoms with Crippen LogP contribution in [0, 0.1) is 0 Å². The van der Waals surface area contributed by atoms with Gasteiger partial charge in [-0.2, -0.15) is 0 Å². The molecular weight excluding hydrogens is 366 g/mol. The molecule has 150 valence electrons. The zero-order chi connectivity index (χ0) is 19.9. The van der Waals surface area contributed by atoms with Gasteiger partial charge in [0.25, 0.3) is 5.91 Å². The fourth-order valence-corrected chi connectivity index (χ4v) is 3.37. The van der Waals surface area contributed by atoms with Crippen LogP contribution in [0.25, 0.3) is 0 Å². The summed E-state index contributed by atoms with van der Waals surface area (Å²) in [6.07, 6.45) is 3.73. The van der Waals surface area contributed by atoms with E-state index in [1.54, 1.807) is 6.20 Å². The molecule has 2 aromatic carbocycles. The van der Waals surface area contributed by atoms with Crippen molar-refractivity contribution >= 4 is 11.6 Å². The number of anilines is 1. The summed E-state index contributed by atoms with van der Waals surface area (Å²) in [5.74, 6) is -0.252. The summed E-state index contributed by atoms with van der Waals surface area (Å²) in [6, 6.07) is 18.0. The van der Waals surface area contributed by atoms with Crippen LogP contribution in [0.15, 0.2) is 60.8 Å². The molecule has 1 aromatic heterocycles. The predicted octanol–water partition coefficient (Wildman–Crippen LogP) is 3.17. The van der Waals surface area contributed by atoms with Crippen LogP contribution < -0.4 is 10.6 Å². The van der Waals surface area contributed by atoms with Gasteiger partial charge in [0.1, 0.15) is 0 Å². The quantitative estimate of drug-likeness (QED) is 0.647. The molecule has 7 heteroatoms. The molecule has 7 nitrogen and oxygen atoms in total. The smallest absolute Gasteiger partial charge is 0.277 e. The van der Waals surface area contributed by atoms with E-state index in [0.717, 1.165) is 42.7 Å². The lowest BCUT2D eigenvalue weighted by molar-refractivity contribution is 0.102. The monoisotopic (exact) mass is 391 g/mol. The largest absolute Gasteiger partial charge is 0.372 e. The molecule has 0 aliphatic carbocycles. The summed E-state index contributed by atoms with van der Waals surface area (Å²) in [6.45, 7) is 3.03. The Labute approximate surface area is 170 Å². The van der Waals surface area contributed by atoms with Gasteiger partial charge >= 0.3 is 0 Å². The molecule has 1 saturated heterocycles. The van der Waals surface area contributed by atoms with Crippen LogP contribution in [0.1, 0.15) is 40.5 Å². The molecular formula is C22H25N5O2. The molecule has 0 atom stereocenters. The Morgan fingerprint density at radius 3 is 2.45 bits per heavy atom. The standard InChI is InChI=1S/C22H25N5O2/c28-22(21-14-27(26-25-21)20-10-12-23-13-11-20)24-19-8-6-18(7-9-19)16-29-15-17-4-2-1-3-5-17/h1-9,14,20,23H,10-13,15-16H2,(H,24,28). The number of ether oxygens (including phenoxy) is 1. The lowest BCUT2D eigenvalue weighted by Crippen LogP contribution is -2.29. The molecule has 0 saturated carbocycles. The van der Waals surface area contributed by atoms with E-state index >= 15 is 0 Å². The Hall–Kier alpha value is -3.03. The molecule has 1 amide bonds. The number of carbonyl (C=O) groups is 1. The summed E-state index contributed by atoms with van der Waals surface area (Å²) < 4.78 is 7.55. The molecule has 2 heterocycles. The van der Waals surface area contributed by atoms with Crippen molar-refractivity contribution in [1.82, 2.24) is 20.3 Å². The number of piperidine rings is 1. The zero-order valence-corrected chi connectivity index (χ0v) is 16.3. The second-order valence-electron chi connectivity index (χ2n) is 7.19. The van der Waals surface area contributed by atoms with Crippen molar-refractivity contribution in [1.29, 1.82) is 0 Å². The van der Waals surface area contributed by atoms with Gasteiger partial charge in [-0.3, -0.25) is 4.79 Å². The number of hydrogen-bond donors (Lipinski definition) is 2. The van der Waals surface area contributed by atoms with Gasteiger partial charge in [0.2, 0.25) is 0 Å². The highest BCUT2D eigenvalue weighted by atomic mass is 16.5. The Bertz CT molecular complexity index is 918. The summed E-state index contributed by atoms with van der Waals surface area (Å²) in [5, 5.41) is 14.4. The molecule has 0 unspecified atom stereocenters. The van der Waals surface area contributed by atoms with Gasteiger partial charge in [0, 0.05) is 5.69 Å². The van der Waals surface area contributed by atoms with Gasteiger partial charge in [-0.05, 0) is 49.2 Å². The van der Waals surface area contributed by atoms with Crippen LogP contribution in [0.3, 0.4) is 0 Å². The maximum absolute atomic E-state index is 12.5. The number of nitrogens with one attached hydrogen (secondary N) is 2. The van der Waals surface area contributed by atoms with E-state index in [-0.39, 0.29) is 5.91 Å². The van der Waals surface area contributed by atoms with Crippen LogP contribution in [-0.4, -0.2) is 34.0 Å². The zero-order valence-electron chi connectivity index (χ0n) is 16.3. The number of aromatic nitrogens is 3. The molecule has 3 aromatic rings. The molecule has 0 bridgehead atoms. The SMILES string of the molecule is O=C(Nc1ccc(COCc2ccccc2)cc1)c1cn(C2CCNCC2)nn1. The Kier molecular flexibility index (Phi) is 6.29. The molecule has 1 aliphatic rings. The van der Waals surface area contributed by atoms with E-state index in [1.165, 1.54) is 0 Å². The number of benzene rings is 2. The first-order chi connectivity index (χ1) is 14.3. The molecule has 0 spiro atoms. The first-order valence-electron chi connectivity index (χ1n) is 9.92. The highest BCUT2D eigenvalue weighted by Crippen LogP contribution is 2.18. The lowest BCUT2D eigenvalue weighted by atomic mass is 10.1. The third kappa shape index (κ3) is 5.28. The topological polar surface area (TPSA) is 81.1 Å². The van der Waals surface area contributed by atoms with Crippen LogP contribution in [0.5, 0.6) is 0 Å². The van der Waals surface area contributed by atoms with Crippen molar-refractivity contribution < 1.29 is 9.53 Å². The Morgan fingerprint density at radius 1 is 1.03 bits per heavy atom. The van der Waals surface area contributed by atoms with Crippen molar-refractivity contribution in [2.45, 2.75) is 32.1 Å². The van der Waals surface area contributed by atoms with Crippen molar-refractivity contribution in [2.75, 3.05) is 18.4 Å². The van der Waals surface area contributed by atoms with Gasteiger partial charge in [-0.1, -0.05) is 47.7 Å². The van der Waals surface area contributed by atoms with Crippen molar-refractivity contribution in [3.63, 3.8) is 0 Å². The summed E-state index contributed by atoms with van der Waals surface area (Å²) in [5.41, 5.74) is 3.25. The fraction of sp³-hybridized carbons (Fsp3) is 0.318. The van der Waals surface area contributed by atoms with E-state index in [4.69, 9.17) is 4.74 Å². The number of rotatable bonds is 7. The third-order valence-corrected chi connectivity index (χ3v) is 5.02. The van der Waals surface area contributed by atoms with E-state index in [1.807, 2.05) is 59.3 Å². The lowest BCUT2D eigenvalue weighted by Gasteiger charge is -2.22. The number of amides is 1. The average Bonchev–Trinajstić information content (AvgIpc) is 3.27. The number of carbonyl (C=O) groups excluding carboxylic acids is 1. The molecule has 29 heavy (non-hydrogen) atoms. The molecule has 4 rings (SSSR count). The maximum atomic E-state index is 12.5. The Balaban J connectivity index is 1.28. The van der Waals surface area contributed by atoms with Gasteiger partial charge in [0.05, 0.1) is 25.5 Å². The summed E-state index contributed by atoms with van der Waals surface area (Å²) >= 11 is 0. The van der Waals surface area contributed by atoms with Crippen LogP contribution in [0.4, 0.5) is 5.69 Å². The molecule has 1 fully saturated rings. The predicted molar refractivity (Wildman–Crippen MR) is 110 cm³/mol. The van der Waals surface area contributed by atoms with Crippen LogP contribution in [0.2, 0.25) is 0 Å². The first kappa shape index (κ1) is 19.3. The first-order valence-corrected chi connectivity index (χ1v) is 9.92. The van der Waals surface area contributed by atoms with Crippen LogP contribution in [-0.2, 0) is 18.0 Å². The highest BCUT2D eigenvalue weighted by Gasteiger charge is 2.18. The molecule has 2 N–H and O–H groups in total. The van der Waals surface area contributed by atoms with Crippen molar-refractivity contribution in [3.8, 4) is 0 Å². The van der Waals surface area contributed by atoms with Gasteiger partial charge in [0.15, 0.2) is 5.69 Å². The molecule has 1 aliphatic heterocycles. The van der Waals surface area contributed by atoms with Gasteiger partial charge < -0.3 is 15.4 Å². The summed E-state index contributed by atoms with van der Waals surface area (Å²) in [7, 11) is 0. The van der Waals surface area contributed by atoms with Gasteiger partial charge in [-0.15, -0.1) is 5.10 Å². The van der Waals surface area contributed by atoms with E-state index in [0.29, 0.717) is 24.9 Å². The highest BCUT2D eigenvalue weighted by molar-refractivity contribution is 6.02. The average molecular weight is 391 g/mol. The van der Waals surface area contributed by atoms with E-state index < -0.39 is 0 Å². The van der Waals surface area contributed by atoms with E-state index in [2.05, 4.69) is 20.9 Å². The van der Waals surface area contributed by atoms with Crippen molar-refractivity contribution in [3.05, 3.63) is 77.6 Å². The Morgan fingerprint density at radius 2 is 1.72 bits per heavy atom. The minimum atomic E-state index is -0.252. The summed E-state index contributed by atoms with van der Waals surface area (Å²) in [4.78, 5) is 12.5. The van der Waals surface area contributed by atoms with E-state index in [9.17, 15) is 4.79 Å². The van der Waals surface area contributed by atoms with Gasteiger partial charge in [-0.25, -0.2) is 4.68 Å².